The topological polar surface area (TPSA) is 86.4 Å². The molecular weight excluding hydrogens is 306 g/mol. The van der Waals surface area contributed by atoms with Gasteiger partial charge >= 0.3 is 6.03 Å². The zero-order chi connectivity index (χ0) is 17.4. The normalized spacial score (nSPS) is 17.6. The highest BCUT2D eigenvalue weighted by Gasteiger charge is 2.22. The second-order valence-electron chi connectivity index (χ2n) is 5.86. The first kappa shape index (κ1) is 18.0. The average molecular weight is 333 g/mol. The molecule has 0 aliphatic carbocycles. The van der Waals surface area contributed by atoms with Crippen molar-refractivity contribution in [2.24, 2.45) is 0 Å². The van der Waals surface area contributed by atoms with Crippen LogP contribution in [0.15, 0.2) is 18.3 Å². The second kappa shape index (κ2) is 9.10. The third-order valence-corrected chi connectivity index (χ3v) is 4.19. The predicted octanol–water partition coefficient (Wildman–Crippen LogP) is 1.40. The molecule has 0 saturated carbocycles. The van der Waals surface area contributed by atoms with Crippen molar-refractivity contribution in [3.63, 3.8) is 0 Å². The monoisotopic (exact) mass is 333 g/mol. The van der Waals surface area contributed by atoms with Crippen molar-refractivity contribution in [3.05, 3.63) is 23.9 Å². The van der Waals surface area contributed by atoms with Crippen LogP contribution in [-0.4, -0.2) is 42.6 Å². The maximum absolute atomic E-state index is 12.0. The Kier molecular flexibility index (Phi) is 6.84. The fraction of sp³-hybridized carbons (Fsp3) is 0.588. The molecule has 1 aromatic rings. The van der Waals surface area contributed by atoms with Gasteiger partial charge in [-0.05, 0) is 44.7 Å². The molecule has 2 rings (SSSR count). The lowest BCUT2D eigenvalue weighted by molar-refractivity contribution is -0.122. The summed E-state index contributed by atoms with van der Waals surface area (Å²) in [6, 6.07) is 3.14. The third kappa shape index (κ3) is 5.11. The Morgan fingerprint density at radius 2 is 2.12 bits per heavy atom. The Morgan fingerprint density at radius 3 is 2.79 bits per heavy atom. The number of pyridine rings is 1. The molecule has 1 saturated heterocycles. The summed E-state index contributed by atoms with van der Waals surface area (Å²) in [5.74, 6) is 0.830. The van der Waals surface area contributed by atoms with E-state index in [-0.39, 0.29) is 11.9 Å². The van der Waals surface area contributed by atoms with E-state index in [1.807, 2.05) is 12.1 Å². The van der Waals surface area contributed by atoms with Gasteiger partial charge in [0.15, 0.2) is 0 Å². The van der Waals surface area contributed by atoms with Gasteiger partial charge in [0.2, 0.25) is 5.91 Å². The summed E-state index contributed by atoms with van der Waals surface area (Å²) in [6.45, 7) is 7.07. The Bertz CT molecular complexity index is 542. The van der Waals surface area contributed by atoms with Gasteiger partial charge in [-0.3, -0.25) is 4.79 Å². The van der Waals surface area contributed by atoms with E-state index in [1.165, 1.54) is 0 Å². The quantitative estimate of drug-likeness (QED) is 0.734. The van der Waals surface area contributed by atoms with Gasteiger partial charge in [0.05, 0.1) is 0 Å². The number of hydrogen-bond acceptors (Lipinski definition) is 4. The van der Waals surface area contributed by atoms with Crippen molar-refractivity contribution < 1.29 is 9.59 Å². The first-order valence-corrected chi connectivity index (χ1v) is 8.66. The van der Waals surface area contributed by atoms with Gasteiger partial charge < -0.3 is 20.9 Å². The van der Waals surface area contributed by atoms with E-state index in [2.05, 4.69) is 39.7 Å². The number of hydrogen-bond donors (Lipinski definition) is 3. The molecule has 132 valence electrons. The number of aromatic nitrogens is 1. The van der Waals surface area contributed by atoms with Crippen LogP contribution >= 0.6 is 0 Å². The molecule has 0 aromatic carbocycles. The Labute approximate surface area is 143 Å². The summed E-state index contributed by atoms with van der Waals surface area (Å²) in [4.78, 5) is 30.4. The highest BCUT2D eigenvalue weighted by molar-refractivity contribution is 5.87. The van der Waals surface area contributed by atoms with Gasteiger partial charge in [-0.15, -0.1) is 0 Å². The molecule has 0 unspecified atom stereocenters. The molecule has 1 fully saturated rings. The van der Waals surface area contributed by atoms with E-state index < -0.39 is 6.04 Å². The smallest absolute Gasteiger partial charge is 0.315 e. The fourth-order valence-corrected chi connectivity index (χ4v) is 2.72. The van der Waals surface area contributed by atoms with Crippen LogP contribution in [0.1, 0.15) is 38.7 Å². The summed E-state index contributed by atoms with van der Waals surface area (Å²) >= 11 is 0. The standard InChI is InChI=1S/C17H27N5O2/c1-3-22(4-2)15-9-8-13(11-19-15)12-20-17(24)21-14-7-5-6-10-18-16(14)23/h8-9,11,14H,3-7,10,12H2,1-2H3,(H,18,23)(H2,20,21,24)/t14-/m0/s1. The van der Waals surface area contributed by atoms with Gasteiger partial charge in [0.1, 0.15) is 11.9 Å². The summed E-state index contributed by atoms with van der Waals surface area (Å²) in [5.41, 5.74) is 0.923. The van der Waals surface area contributed by atoms with Crippen LogP contribution < -0.4 is 20.9 Å². The number of anilines is 1. The van der Waals surface area contributed by atoms with Crippen molar-refractivity contribution >= 4 is 17.8 Å². The van der Waals surface area contributed by atoms with Crippen molar-refractivity contribution in [2.75, 3.05) is 24.5 Å². The molecule has 1 atom stereocenters. The number of urea groups is 1. The lowest BCUT2D eigenvalue weighted by Crippen LogP contribution is -2.48. The number of amides is 3. The SMILES string of the molecule is CCN(CC)c1ccc(CNC(=O)N[C@H]2CCCCNC2=O)cn1. The zero-order valence-corrected chi connectivity index (χ0v) is 14.5. The molecule has 3 amide bonds. The van der Waals surface area contributed by atoms with E-state index >= 15 is 0 Å². The molecule has 0 bridgehead atoms. The molecule has 7 nitrogen and oxygen atoms in total. The minimum absolute atomic E-state index is 0.104. The Balaban J connectivity index is 1.81. The highest BCUT2D eigenvalue weighted by atomic mass is 16.2. The van der Waals surface area contributed by atoms with Crippen LogP contribution in [0.5, 0.6) is 0 Å². The largest absolute Gasteiger partial charge is 0.357 e. The number of carbonyl (C=O) groups excluding carboxylic acids is 2. The maximum atomic E-state index is 12.0. The van der Waals surface area contributed by atoms with Crippen LogP contribution in [-0.2, 0) is 11.3 Å². The number of rotatable bonds is 6. The minimum Gasteiger partial charge on any atom is -0.357 e. The van der Waals surface area contributed by atoms with Gasteiger partial charge in [-0.25, -0.2) is 9.78 Å². The molecule has 0 radical (unpaired) electrons. The fourth-order valence-electron chi connectivity index (χ4n) is 2.72. The van der Waals surface area contributed by atoms with E-state index in [0.717, 1.165) is 37.3 Å². The molecule has 1 aliphatic rings. The zero-order valence-electron chi connectivity index (χ0n) is 14.5. The van der Waals surface area contributed by atoms with Crippen molar-refractivity contribution in [1.29, 1.82) is 0 Å². The Morgan fingerprint density at radius 1 is 1.33 bits per heavy atom. The van der Waals surface area contributed by atoms with Crippen molar-refractivity contribution in [3.8, 4) is 0 Å². The van der Waals surface area contributed by atoms with Crippen LogP contribution in [0, 0.1) is 0 Å². The summed E-state index contributed by atoms with van der Waals surface area (Å²) < 4.78 is 0. The van der Waals surface area contributed by atoms with Crippen LogP contribution in [0.3, 0.4) is 0 Å². The molecule has 2 heterocycles. The van der Waals surface area contributed by atoms with Crippen LogP contribution in [0.4, 0.5) is 10.6 Å². The molecular formula is C17H27N5O2. The first-order valence-electron chi connectivity index (χ1n) is 8.66. The molecule has 3 N–H and O–H groups in total. The van der Waals surface area contributed by atoms with Gasteiger partial charge in [-0.1, -0.05) is 6.07 Å². The molecule has 0 spiro atoms. The van der Waals surface area contributed by atoms with Gasteiger partial charge in [-0.2, -0.15) is 0 Å². The van der Waals surface area contributed by atoms with Gasteiger partial charge in [0.25, 0.3) is 0 Å². The lowest BCUT2D eigenvalue weighted by Gasteiger charge is -2.19. The Hall–Kier alpha value is -2.31. The maximum Gasteiger partial charge on any atom is 0.315 e. The summed E-state index contributed by atoms with van der Waals surface area (Å²) in [6.07, 6.45) is 4.34. The van der Waals surface area contributed by atoms with E-state index in [4.69, 9.17) is 0 Å². The molecule has 24 heavy (non-hydrogen) atoms. The van der Waals surface area contributed by atoms with E-state index in [0.29, 0.717) is 19.5 Å². The molecule has 1 aromatic heterocycles. The number of nitrogens with zero attached hydrogens (tertiary/aromatic N) is 2. The number of nitrogens with one attached hydrogen (secondary N) is 3. The average Bonchev–Trinajstić information content (AvgIpc) is 2.80. The van der Waals surface area contributed by atoms with Crippen LogP contribution in [0.2, 0.25) is 0 Å². The minimum atomic E-state index is -0.448. The molecule has 1 aliphatic heterocycles. The van der Waals surface area contributed by atoms with Crippen molar-refractivity contribution in [2.45, 2.75) is 45.7 Å². The second-order valence-corrected chi connectivity index (χ2v) is 5.86. The molecule has 7 heteroatoms. The lowest BCUT2D eigenvalue weighted by atomic mass is 10.1. The number of carbonyl (C=O) groups is 2. The van der Waals surface area contributed by atoms with E-state index in [9.17, 15) is 9.59 Å². The highest BCUT2D eigenvalue weighted by Crippen LogP contribution is 2.10. The van der Waals surface area contributed by atoms with Gasteiger partial charge in [0, 0.05) is 32.4 Å². The first-order chi connectivity index (χ1) is 11.6. The van der Waals surface area contributed by atoms with Crippen molar-refractivity contribution in [1.82, 2.24) is 20.9 Å². The summed E-state index contributed by atoms with van der Waals surface area (Å²) in [7, 11) is 0. The third-order valence-electron chi connectivity index (χ3n) is 4.19. The predicted molar refractivity (Wildman–Crippen MR) is 93.8 cm³/mol. The summed E-state index contributed by atoms with van der Waals surface area (Å²) in [5, 5.41) is 8.32. The van der Waals surface area contributed by atoms with Crippen LogP contribution in [0.25, 0.3) is 0 Å². The van der Waals surface area contributed by atoms with E-state index in [1.54, 1.807) is 6.20 Å².